The molecule has 0 unspecified atom stereocenters. The number of hydrogen-bond donors (Lipinski definition) is 0. The van der Waals surface area contributed by atoms with Gasteiger partial charge in [0.05, 0.1) is 0 Å². The Labute approximate surface area is 76.6 Å². The molecule has 0 aromatic heterocycles. The molecule has 0 aliphatic carbocycles. The third-order valence-corrected chi connectivity index (χ3v) is 3.08. The monoisotopic (exact) mass is 170 g/mol. The molecule has 12 heavy (non-hydrogen) atoms. The molecule has 0 atom stereocenters. The topological polar surface area (TPSA) is 17.1 Å². The highest BCUT2D eigenvalue weighted by Crippen LogP contribution is 2.33. The summed E-state index contributed by atoms with van der Waals surface area (Å²) in [5.41, 5.74) is -0.0336. The first-order chi connectivity index (χ1) is 5.54. The fourth-order valence-electron chi connectivity index (χ4n) is 1.89. The van der Waals surface area contributed by atoms with Gasteiger partial charge in [-0.3, -0.25) is 4.79 Å². The first-order valence-corrected chi connectivity index (χ1v) is 5.08. The quantitative estimate of drug-likeness (QED) is 0.618. The van der Waals surface area contributed by atoms with Gasteiger partial charge in [0.25, 0.3) is 0 Å². The fourth-order valence-corrected chi connectivity index (χ4v) is 1.89. The van der Waals surface area contributed by atoms with Gasteiger partial charge in [0.15, 0.2) is 0 Å². The van der Waals surface area contributed by atoms with Crippen LogP contribution in [0.1, 0.15) is 53.9 Å². The van der Waals surface area contributed by atoms with E-state index in [1.165, 1.54) is 0 Å². The molecule has 0 saturated heterocycles. The lowest BCUT2D eigenvalue weighted by molar-refractivity contribution is -0.132. The molecule has 0 saturated carbocycles. The Kier molecular flexibility index (Phi) is 4.51. The van der Waals surface area contributed by atoms with Crippen LogP contribution < -0.4 is 0 Å². The summed E-state index contributed by atoms with van der Waals surface area (Å²) in [5, 5.41) is 0. The van der Waals surface area contributed by atoms with Crippen LogP contribution in [0.3, 0.4) is 0 Å². The Morgan fingerprint density at radius 2 is 1.42 bits per heavy atom. The van der Waals surface area contributed by atoms with E-state index in [2.05, 4.69) is 20.8 Å². The summed E-state index contributed by atoms with van der Waals surface area (Å²) in [6.07, 6.45) is 2.95. The molecule has 0 rings (SSSR count). The molecular formula is C11H22O. The van der Waals surface area contributed by atoms with Gasteiger partial charge in [0, 0.05) is 11.3 Å². The summed E-state index contributed by atoms with van der Waals surface area (Å²) in [6.45, 7) is 10.4. The van der Waals surface area contributed by atoms with Crippen LogP contribution in [0.5, 0.6) is 0 Å². The van der Waals surface area contributed by atoms with Crippen molar-refractivity contribution in [2.45, 2.75) is 53.9 Å². The maximum absolute atomic E-state index is 11.9. The van der Waals surface area contributed by atoms with Gasteiger partial charge in [-0.25, -0.2) is 0 Å². The van der Waals surface area contributed by atoms with E-state index in [9.17, 15) is 4.79 Å². The highest BCUT2D eigenvalue weighted by Gasteiger charge is 2.33. The average Bonchev–Trinajstić information content (AvgIpc) is 2.08. The van der Waals surface area contributed by atoms with E-state index in [0.717, 1.165) is 19.3 Å². The third kappa shape index (κ3) is 2.09. The molecule has 0 spiro atoms. The van der Waals surface area contributed by atoms with Gasteiger partial charge in [-0.2, -0.15) is 0 Å². The minimum atomic E-state index is -0.0336. The zero-order chi connectivity index (χ0) is 9.78. The van der Waals surface area contributed by atoms with Crippen LogP contribution in [0.15, 0.2) is 0 Å². The number of hydrogen-bond acceptors (Lipinski definition) is 1. The molecular weight excluding hydrogens is 148 g/mol. The van der Waals surface area contributed by atoms with Crippen LogP contribution in [-0.2, 0) is 4.79 Å². The molecule has 0 aliphatic heterocycles. The standard InChI is InChI=1S/C11H22O/c1-6-11(7-2,8-3)10(12)9(4)5/h9H,6-8H2,1-5H3. The van der Waals surface area contributed by atoms with E-state index in [0.29, 0.717) is 5.78 Å². The number of rotatable bonds is 5. The van der Waals surface area contributed by atoms with E-state index in [1.807, 2.05) is 13.8 Å². The lowest BCUT2D eigenvalue weighted by Crippen LogP contribution is -2.32. The number of ketones is 1. The van der Waals surface area contributed by atoms with Crippen LogP contribution in [-0.4, -0.2) is 5.78 Å². The van der Waals surface area contributed by atoms with Gasteiger partial charge in [0.2, 0.25) is 0 Å². The largest absolute Gasteiger partial charge is 0.299 e. The summed E-state index contributed by atoms with van der Waals surface area (Å²) in [4.78, 5) is 11.9. The zero-order valence-electron chi connectivity index (χ0n) is 9.11. The van der Waals surface area contributed by atoms with E-state index in [-0.39, 0.29) is 11.3 Å². The molecule has 0 bridgehead atoms. The van der Waals surface area contributed by atoms with E-state index < -0.39 is 0 Å². The maximum Gasteiger partial charge on any atom is 0.141 e. The maximum atomic E-state index is 11.9. The number of carbonyl (C=O) groups excluding carboxylic acids is 1. The lowest BCUT2D eigenvalue weighted by atomic mass is 9.72. The minimum Gasteiger partial charge on any atom is -0.299 e. The van der Waals surface area contributed by atoms with E-state index in [4.69, 9.17) is 0 Å². The van der Waals surface area contributed by atoms with Crippen LogP contribution in [0.4, 0.5) is 0 Å². The van der Waals surface area contributed by atoms with Gasteiger partial charge in [-0.1, -0.05) is 34.6 Å². The second kappa shape index (κ2) is 4.64. The predicted molar refractivity (Wildman–Crippen MR) is 53.2 cm³/mol. The van der Waals surface area contributed by atoms with Crippen molar-refractivity contribution >= 4 is 5.78 Å². The molecule has 0 radical (unpaired) electrons. The SMILES string of the molecule is CCC(CC)(CC)C(=O)C(C)C. The van der Waals surface area contributed by atoms with Gasteiger partial charge in [-0.15, -0.1) is 0 Å². The molecule has 1 heteroatoms. The lowest BCUT2D eigenvalue weighted by Gasteiger charge is -2.30. The molecule has 72 valence electrons. The van der Waals surface area contributed by atoms with Gasteiger partial charge >= 0.3 is 0 Å². The van der Waals surface area contributed by atoms with E-state index in [1.54, 1.807) is 0 Å². The highest BCUT2D eigenvalue weighted by atomic mass is 16.1. The fraction of sp³-hybridized carbons (Fsp3) is 0.909. The summed E-state index contributed by atoms with van der Waals surface area (Å²) in [6, 6.07) is 0. The first-order valence-electron chi connectivity index (χ1n) is 5.08. The Morgan fingerprint density at radius 3 is 1.50 bits per heavy atom. The van der Waals surface area contributed by atoms with Gasteiger partial charge in [0.1, 0.15) is 5.78 Å². The van der Waals surface area contributed by atoms with Crippen molar-refractivity contribution in [1.29, 1.82) is 0 Å². The Bertz CT molecular complexity index is 135. The second-order valence-electron chi connectivity index (χ2n) is 3.86. The normalized spacial score (nSPS) is 12.2. The Balaban J connectivity index is 4.59. The van der Waals surface area contributed by atoms with Crippen LogP contribution in [0.25, 0.3) is 0 Å². The van der Waals surface area contributed by atoms with Crippen LogP contribution >= 0.6 is 0 Å². The molecule has 0 fully saturated rings. The Hall–Kier alpha value is -0.330. The molecule has 0 heterocycles. The van der Waals surface area contributed by atoms with Gasteiger partial charge in [-0.05, 0) is 19.3 Å². The number of Topliss-reactive ketones (excluding diaryl/α,β-unsaturated/α-hetero) is 1. The third-order valence-electron chi connectivity index (χ3n) is 3.08. The summed E-state index contributed by atoms with van der Waals surface area (Å²) in [7, 11) is 0. The molecule has 0 aromatic carbocycles. The predicted octanol–water partition coefficient (Wildman–Crippen LogP) is 3.43. The summed E-state index contributed by atoms with van der Waals surface area (Å²) in [5.74, 6) is 0.625. The first kappa shape index (κ1) is 11.7. The average molecular weight is 170 g/mol. The number of carbonyl (C=O) groups is 1. The van der Waals surface area contributed by atoms with Crippen molar-refractivity contribution in [3.63, 3.8) is 0 Å². The van der Waals surface area contributed by atoms with Crippen molar-refractivity contribution in [2.24, 2.45) is 11.3 Å². The van der Waals surface area contributed by atoms with Crippen LogP contribution in [0.2, 0.25) is 0 Å². The molecule has 0 aliphatic rings. The smallest absolute Gasteiger partial charge is 0.141 e. The Morgan fingerprint density at radius 1 is 1.08 bits per heavy atom. The van der Waals surface area contributed by atoms with Crippen molar-refractivity contribution in [1.82, 2.24) is 0 Å². The molecule has 0 amide bonds. The highest BCUT2D eigenvalue weighted by molar-refractivity contribution is 5.86. The molecule has 1 nitrogen and oxygen atoms in total. The summed E-state index contributed by atoms with van der Waals surface area (Å²) < 4.78 is 0. The van der Waals surface area contributed by atoms with Crippen molar-refractivity contribution < 1.29 is 4.79 Å². The summed E-state index contributed by atoms with van der Waals surface area (Å²) >= 11 is 0. The van der Waals surface area contributed by atoms with Crippen molar-refractivity contribution in [2.75, 3.05) is 0 Å². The molecule has 0 aromatic rings. The second-order valence-corrected chi connectivity index (χ2v) is 3.86. The van der Waals surface area contributed by atoms with Crippen molar-refractivity contribution in [3.05, 3.63) is 0 Å². The van der Waals surface area contributed by atoms with E-state index >= 15 is 0 Å². The van der Waals surface area contributed by atoms with Crippen LogP contribution in [0, 0.1) is 11.3 Å². The van der Waals surface area contributed by atoms with Crippen molar-refractivity contribution in [3.8, 4) is 0 Å². The molecule has 0 N–H and O–H groups in total. The minimum absolute atomic E-state index is 0.0336. The van der Waals surface area contributed by atoms with Gasteiger partial charge < -0.3 is 0 Å². The zero-order valence-corrected chi connectivity index (χ0v) is 9.11.